The van der Waals surface area contributed by atoms with Crippen LogP contribution in [-0.4, -0.2) is 39.3 Å². The Morgan fingerprint density at radius 3 is 1.84 bits per heavy atom. The number of aliphatic carboxylic acids is 1. The largest absolute Gasteiger partial charge is 0.481 e. The molecule has 37 heavy (non-hydrogen) atoms. The van der Waals surface area contributed by atoms with E-state index < -0.39 is 40.3 Å². The van der Waals surface area contributed by atoms with Crippen LogP contribution in [0.5, 0.6) is 0 Å². The van der Waals surface area contributed by atoms with Crippen molar-refractivity contribution >= 4 is 11.9 Å². The summed E-state index contributed by atoms with van der Waals surface area (Å²) in [6.45, 7) is 18.5. The maximum Gasteiger partial charge on any atom is 0.373 e. The van der Waals surface area contributed by atoms with Crippen LogP contribution in [0.15, 0.2) is 18.2 Å². The molecule has 0 aromatic heterocycles. The predicted molar refractivity (Wildman–Crippen MR) is 139 cm³/mol. The Bertz CT molecular complexity index is 870. The highest BCUT2D eigenvalue weighted by molar-refractivity contribution is 5.91. The van der Waals surface area contributed by atoms with Gasteiger partial charge in [0.1, 0.15) is 0 Å². The molecule has 0 fully saturated rings. The fourth-order valence-electron chi connectivity index (χ4n) is 3.90. The zero-order chi connectivity index (χ0) is 28.7. The van der Waals surface area contributed by atoms with Gasteiger partial charge < -0.3 is 5.11 Å². The fourth-order valence-corrected chi connectivity index (χ4v) is 3.90. The van der Waals surface area contributed by atoms with E-state index in [9.17, 15) is 14.7 Å². The highest BCUT2D eigenvalue weighted by atomic mass is 17.3. The molecule has 2 N–H and O–H groups in total. The van der Waals surface area contributed by atoms with E-state index in [0.717, 1.165) is 6.42 Å². The van der Waals surface area contributed by atoms with Gasteiger partial charge in [-0.25, -0.2) is 14.6 Å². The normalized spacial score (nSPS) is 13.9. The molecule has 0 radical (unpaired) electrons. The van der Waals surface area contributed by atoms with Crippen molar-refractivity contribution in [2.45, 2.75) is 124 Å². The van der Waals surface area contributed by atoms with Crippen LogP contribution in [-0.2, 0) is 41.1 Å². The van der Waals surface area contributed by atoms with Crippen molar-refractivity contribution in [1.29, 1.82) is 0 Å². The second-order valence-corrected chi connectivity index (χ2v) is 12.5. The van der Waals surface area contributed by atoms with E-state index in [2.05, 4.69) is 4.89 Å². The minimum Gasteiger partial charge on any atom is -0.481 e. The lowest BCUT2D eigenvalue weighted by Gasteiger charge is -2.38. The zero-order valence-electron chi connectivity index (χ0n) is 24.1. The maximum absolute atomic E-state index is 12.4. The van der Waals surface area contributed by atoms with E-state index in [1.807, 2.05) is 27.7 Å². The van der Waals surface area contributed by atoms with Crippen LogP contribution < -0.4 is 0 Å². The molecular formula is C28H46O9. The SMILES string of the molecule is CCCCC(CC(Cc1cccc(C(=O)OO)c1C(C)(C)C)(OOC(C)(C)C)OOC(C)(C)C)C(=O)O. The second kappa shape index (κ2) is 13.2. The van der Waals surface area contributed by atoms with Gasteiger partial charge in [0.15, 0.2) is 0 Å². The smallest absolute Gasteiger partial charge is 0.373 e. The lowest BCUT2D eigenvalue weighted by Crippen LogP contribution is -2.46. The summed E-state index contributed by atoms with van der Waals surface area (Å²) in [5.41, 5.74) is -0.643. The first-order valence-electron chi connectivity index (χ1n) is 12.8. The molecule has 0 saturated heterocycles. The quantitative estimate of drug-likeness (QED) is 0.166. The summed E-state index contributed by atoms with van der Waals surface area (Å²) in [4.78, 5) is 52.1. The first kappa shape index (κ1) is 33.0. The van der Waals surface area contributed by atoms with E-state index in [-0.39, 0.29) is 18.4 Å². The summed E-state index contributed by atoms with van der Waals surface area (Å²) in [6.07, 6.45) is 1.86. The highest BCUT2D eigenvalue weighted by Gasteiger charge is 2.44. The van der Waals surface area contributed by atoms with Gasteiger partial charge in [0.05, 0.1) is 22.7 Å². The number of benzene rings is 1. The molecule has 0 heterocycles. The molecule has 0 spiro atoms. The van der Waals surface area contributed by atoms with Crippen molar-refractivity contribution in [2.75, 3.05) is 0 Å². The third kappa shape index (κ3) is 11.1. The van der Waals surface area contributed by atoms with Gasteiger partial charge in [0, 0.05) is 12.8 Å². The summed E-state index contributed by atoms with van der Waals surface area (Å²) in [7, 11) is 0. The zero-order valence-corrected chi connectivity index (χ0v) is 24.1. The van der Waals surface area contributed by atoms with Crippen LogP contribution in [0.1, 0.15) is 116 Å². The maximum atomic E-state index is 12.4. The molecule has 1 aromatic rings. The Morgan fingerprint density at radius 1 is 0.892 bits per heavy atom. The lowest BCUT2D eigenvalue weighted by atomic mass is 9.78. The van der Waals surface area contributed by atoms with Gasteiger partial charge in [-0.15, -0.1) is 0 Å². The molecule has 9 heteroatoms. The van der Waals surface area contributed by atoms with Gasteiger partial charge in [-0.3, -0.25) is 9.68 Å². The van der Waals surface area contributed by atoms with Crippen molar-refractivity contribution in [3.05, 3.63) is 34.9 Å². The average molecular weight is 527 g/mol. The molecule has 0 aliphatic rings. The van der Waals surface area contributed by atoms with Gasteiger partial charge in [0.2, 0.25) is 5.79 Å². The van der Waals surface area contributed by atoms with Crippen LogP contribution in [0.25, 0.3) is 0 Å². The van der Waals surface area contributed by atoms with Crippen LogP contribution >= 0.6 is 0 Å². The number of rotatable bonds is 13. The first-order valence-corrected chi connectivity index (χ1v) is 12.8. The lowest BCUT2D eigenvalue weighted by molar-refractivity contribution is -0.543. The molecule has 212 valence electrons. The van der Waals surface area contributed by atoms with Crippen LogP contribution in [0.4, 0.5) is 0 Å². The number of hydrogen-bond donors (Lipinski definition) is 2. The second-order valence-electron chi connectivity index (χ2n) is 12.5. The van der Waals surface area contributed by atoms with E-state index in [1.165, 1.54) is 0 Å². The molecule has 0 aliphatic carbocycles. The first-order chi connectivity index (χ1) is 16.8. The summed E-state index contributed by atoms with van der Waals surface area (Å²) in [5, 5.41) is 19.1. The molecule has 0 bridgehead atoms. The molecule has 1 aromatic carbocycles. The van der Waals surface area contributed by atoms with Gasteiger partial charge in [-0.05, 0) is 70.6 Å². The molecule has 9 nitrogen and oxygen atoms in total. The van der Waals surface area contributed by atoms with Gasteiger partial charge >= 0.3 is 11.9 Å². The van der Waals surface area contributed by atoms with Crippen LogP contribution in [0.3, 0.4) is 0 Å². The molecule has 1 unspecified atom stereocenters. The van der Waals surface area contributed by atoms with Gasteiger partial charge in [0.25, 0.3) is 0 Å². The number of hydrogen-bond acceptors (Lipinski definition) is 8. The average Bonchev–Trinajstić information content (AvgIpc) is 2.76. The molecule has 0 aliphatic heterocycles. The van der Waals surface area contributed by atoms with Crippen molar-refractivity contribution in [2.24, 2.45) is 5.92 Å². The fraction of sp³-hybridized carbons (Fsp3) is 0.714. The number of carboxylic acids is 1. The van der Waals surface area contributed by atoms with E-state index in [4.69, 9.17) is 24.8 Å². The molecule has 0 saturated carbocycles. The number of carbonyl (C=O) groups excluding carboxylic acids is 1. The van der Waals surface area contributed by atoms with Crippen molar-refractivity contribution in [1.82, 2.24) is 0 Å². The predicted octanol–water partition coefficient (Wildman–Crippen LogP) is 6.63. The Balaban J connectivity index is 3.78. The topological polar surface area (TPSA) is 121 Å². The van der Waals surface area contributed by atoms with Crippen molar-refractivity contribution in [3.8, 4) is 0 Å². The number of carboxylic acid groups (broad SMARTS) is 1. The van der Waals surface area contributed by atoms with Crippen molar-refractivity contribution < 1.29 is 44.4 Å². The third-order valence-electron chi connectivity index (χ3n) is 5.36. The minimum atomic E-state index is -1.68. The highest BCUT2D eigenvalue weighted by Crippen LogP contribution is 2.38. The van der Waals surface area contributed by atoms with E-state index in [1.54, 1.807) is 59.7 Å². The van der Waals surface area contributed by atoms with Gasteiger partial charge in [-0.1, -0.05) is 52.7 Å². The molecule has 1 rings (SSSR count). The van der Waals surface area contributed by atoms with E-state index >= 15 is 0 Å². The monoisotopic (exact) mass is 526 g/mol. The van der Waals surface area contributed by atoms with Crippen LogP contribution in [0, 0.1) is 5.92 Å². The Hall–Kier alpha value is -2.04. The standard InChI is InChI=1S/C28H46O9/c1-11-12-14-20(23(29)30)18-28(36-34-26(5,6)7,37-35-27(8,9)10)17-19-15-13-16-21(24(31)33-32)22(19)25(2,3)4/h13,15-16,20,32H,11-12,14,17-18H2,1-10H3,(H,29,30). The number of carbonyl (C=O) groups is 2. The summed E-state index contributed by atoms with van der Waals surface area (Å²) >= 11 is 0. The number of unbranched alkanes of at least 4 members (excludes halogenated alkanes) is 1. The Labute approximate surface area is 221 Å². The van der Waals surface area contributed by atoms with Crippen molar-refractivity contribution in [3.63, 3.8) is 0 Å². The third-order valence-corrected chi connectivity index (χ3v) is 5.36. The molecule has 0 amide bonds. The molecule has 1 atom stereocenters. The van der Waals surface area contributed by atoms with Gasteiger partial charge in [-0.2, -0.15) is 15.0 Å². The Morgan fingerprint density at radius 2 is 1.43 bits per heavy atom. The van der Waals surface area contributed by atoms with E-state index in [0.29, 0.717) is 24.0 Å². The molecular weight excluding hydrogens is 480 g/mol. The summed E-state index contributed by atoms with van der Waals surface area (Å²) in [6, 6.07) is 5.01. The summed E-state index contributed by atoms with van der Waals surface area (Å²) < 4.78 is 0. The minimum absolute atomic E-state index is 0.00574. The summed E-state index contributed by atoms with van der Waals surface area (Å²) in [5.74, 6) is -4.37. The van der Waals surface area contributed by atoms with Crippen LogP contribution in [0.2, 0.25) is 0 Å². The Kier molecular flexibility index (Phi) is 11.7.